The summed E-state index contributed by atoms with van der Waals surface area (Å²) in [6.45, 7) is 1.83. The van der Waals surface area contributed by atoms with Crippen LogP contribution in [-0.4, -0.2) is 45.3 Å². The molecule has 2 aromatic rings. The molecule has 3 N–H and O–H groups in total. The summed E-state index contributed by atoms with van der Waals surface area (Å²) in [5.74, 6) is -0.346. The van der Waals surface area contributed by atoms with Crippen LogP contribution in [0.1, 0.15) is 16.8 Å². The van der Waals surface area contributed by atoms with Gasteiger partial charge >= 0.3 is 5.69 Å². The van der Waals surface area contributed by atoms with Gasteiger partial charge in [0.1, 0.15) is 5.56 Å². The minimum absolute atomic E-state index is 0.134. The topological polar surface area (TPSA) is 133 Å². The number of amides is 1. The van der Waals surface area contributed by atoms with Crippen molar-refractivity contribution in [1.29, 1.82) is 0 Å². The van der Waals surface area contributed by atoms with Crippen molar-refractivity contribution in [3.63, 3.8) is 0 Å². The zero-order valence-electron chi connectivity index (χ0n) is 13.6. The maximum atomic E-state index is 12.0. The molecule has 132 valence electrons. The third kappa shape index (κ3) is 3.67. The Bertz CT molecular complexity index is 959. The van der Waals surface area contributed by atoms with Crippen molar-refractivity contribution in [2.75, 3.05) is 24.5 Å². The SMILES string of the molecule is Cn1ncc(N2CC[C@@H](CNC(=O)c3c[nH]c(=O)[nH]c3=O)C2)cc1=O. The van der Waals surface area contributed by atoms with Crippen molar-refractivity contribution in [2.24, 2.45) is 13.0 Å². The lowest BCUT2D eigenvalue weighted by Gasteiger charge is -2.18. The second kappa shape index (κ2) is 6.75. The normalized spacial score (nSPS) is 16.8. The molecule has 3 heterocycles. The van der Waals surface area contributed by atoms with Crippen LogP contribution in [-0.2, 0) is 7.05 Å². The van der Waals surface area contributed by atoms with Crippen LogP contribution in [0.4, 0.5) is 5.69 Å². The largest absolute Gasteiger partial charge is 0.370 e. The molecule has 0 unspecified atom stereocenters. The number of nitrogens with one attached hydrogen (secondary N) is 3. The Morgan fingerprint density at radius 2 is 2.20 bits per heavy atom. The Balaban J connectivity index is 1.59. The zero-order valence-corrected chi connectivity index (χ0v) is 13.6. The molecule has 0 aromatic carbocycles. The van der Waals surface area contributed by atoms with Crippen molar-refractivity contribution in [2.45, 2.75) is 6.42 Å². The summed E-state index contributed by atoms with van der Waals surface area (Å²) < 4.78 is 1.26. The van der Waals surface area contributed by atoms with Crippen molar-refractivity contribution in [3.8, 4) is 0 Å². The molecular weight excluding hydrogens is 328 g/mol. The molecule has 0 spiro atoms. The highest BCUT2D eigenvalue weighted by Crippen LogP contribution is 2.21. The number of aromatic amines is 2. The third-order valence-electron chi connectivity index (χ3n) is 4.22. The number of H-pyrrole nitrogens is 2. The Kier molecular flexibility index (Phi) is 4.50. The molecular formula is C15H18N6O4. The predicted molar refractivity (Wildman–Crippen MR) is 89.8 cm³/mol. The van der Waals surface area contributed by atoms with Gasteiger partial charge in [0.15, 0.2) is 0 Å². The van der Waals surface area contributed by atoms with E-state index in [4.69, 9.17) is 0 Å². The number of rotatable bonds is 4. The molecule has 0 radical (unpaired) electrons. The molecule has 1 fully saturated rings. The van der Waals surface area contributed by atoms with Crippen LogP contribution in [0.5, 0.6) is 0 Å². The van der Waals surface area contributed by atoms with Gasteiger partial charge in [-0.05, 0) is 12.3 Å². The summed E-state index contributed by atoms with van der Waals surface area (Å²) >= 11 is 0. The van der Waals surface area contributed by atoms with Crippen molar-refractivity contribution < 1.29 is 4.79 Å². The molecule has 3 rings (SSSR count). The van der Waals surface area contributed by atoms with E-state index in [2.05, 4.69) is 15.4 Å². The average Bonchev–Trinajstić information content (AvgIpc) is 3.04. The Hall–Kier alpha value is -3.17. The second-order valence-electron chi connectivity index (χ2n) is 5.97. The predicted octanol–water partition coefficient (Wildman–Crippen LogP) is -1.59. The third-order valence-corrected chi connectivity index (χ3v) is 4.22. The lowest BCUT2D eigenvalue weighted by Crippen LogP contribution is -2.36. The van der Waals surface area contributed by atoms with Crippen LogP contribution in [0.25, 0.3) is 0 Å². The Morgan fingerprint density at radius 1 is 1.40 bits per heavy atom. The number of aryl methyl sites for hydroxylation is 1. The fraction of sp³-hybridized carbons (Fsp3) is 0.400. The van der Waals surface area contributed by atoms with Crippen LogP contribution in [0.3, 0.4) is 0 Å². The lowest BCUT2D eigenvalue weighted by atomic mass is 10.1. The lowest BCUT2D eigenvalue weighted by molar-refractivity contribution is 0.0946. The van der Waals surface area contributed by atoms with Crippen molar-refractivity contribution in [3.05, 3.63) is 55.2 Å². The van der Waals surface area contributed by atoms with E-state index < -0.39 is 17.2 Å². The smallest absolute Gasteiger partial charge is 0.325 e. The van der Waals surface area contributed by atoms with Crippen LogP contribution in [0.15, 0.2) is 32.8 Å². The van der Waals surface area contributed by atoms with Gasteiger partial charge in [0.25, 0.3) is 17.0 Å². The van der Waals surface area contributed by atoms with E-state index >= 15 is 0 Å². The minimum Gasteiger partial charge on any atom is -0.370 e. The standard InChI is InChI=1S/C15H18N6O4/c1-20-12(22)4-10(6-18-20)21-3-2-9(8-21)5-16-13(23)11-7-17-15(25)19-14(11)24/h4,6-7,9H,2-3,5,8H2,1H3,(H,16,23)(H2,17,19,24,25)/t9-/m0/s1. The summed E-state index contributed by atoms with van der Waals surface area (Å²) in [6, 6.07) is 1.54. The molecule has 2 aromatic heterocycles. The van der Waals surface area contributed by atoms with Crippen LogP contribution >= 0.6 is 0 Å². The van der Waals surface area contributed by atoms with E-state index in [-0.39, 0.29) is 17.0 Å². The minimum atomic E-state index is -0.722. The second-order valence-corrected chi connectivity index (χ2v) is 5.97. The number of carbonyl (C=O) groups is 1. The highest BCUT2D eigenvalue weighted by molar-refractivity contribution is 5.93. The van der Waals surface area contributed by atoms with E-state index in [1.54, 1.807) is 13.2 Å². The first-order valence-electron chi connectivity index (χ1n) is 7.82. The maximum Gasteiger partial charge on any atom is 0.325 e. The molecule has 1 aliphatic rings. The van der Waals surface area contributed by atoms with E-state index in [1.807, 2.05) is 9.88 Å². The summed E-state index contributed by atoms with van der Waals surface area (Å²) in [5, 5.41) is 6.71. The summed E-state index contributed by atoms with van der Waals surface area (Å²) in [6.07, 6.45) is 3.59. The monoisotopic (exact) mass is 346 g/mol. The van der Waals surface area contributed by atoms with E-state index in [1.165, 1.54) is 10.7 Å². The van der Waals surface area contributed by atoms with Gasteiger partial charge in [0, 0.05) is 38.9 Å². The number of anilines is 1. The van der Waals surface area contributed by atoms with Gasteiger partial charge in [0.2, 0.25) is 0 Å². The van der Waals surface area contributed by atoms with Gasteiger partial charge < -0.3 is 15.2 Å². The van der Waals surface area contributed by atoms with E-state index in [9.17, 15) is 19.2 Å². The Labute approximate surface area is 141 Å². The number of hydrogen-bond acceptors (Lipinski definition) is 6. The first-order valence-corrected chi connectivity index (χ1v) is 7.82. The molecule has 0 bridgehead atoms. The molecule has 25 heavy (non-hydrogen) atoms. The van der Waals surface area contributed by atoms with Crippen molar-refractivity contribution in [1.82, 2.24) is 25.1 Å². The quantitative estimate of drug-likeness (QED) is 0.611. The molecule has 1 saturated heterocycles. The van der Waals surface area contributed by atoms with Gasteiger partial charge in [-0.2, -0.15) is 5.10 Å². The first kappa shape index (κ1) is 16.7. The highest BCUT2D eigenvalue weighted by Gasteiger charge is 2.24. The Morgan fingerprint density at radius 3 is 2.92 bits per heavy atom. The molecule has 1 aliphatic heterocycles. The highest BCUT2D eigenvalue weighted by atomic mass is 16.2. The van der Waals surface area contributed by atoms with Gasteiger partial charge in [-0.15, -0.1) is 0 Å². The summed E-state index contributed by atoms with van der Waals surface area (Å²) in [7, 11) is 1.59. The molecule has 0 saturated carbocycles. The van der Waals surface area contributed by atoms with E-state index in [0.717, 1.165) is 24.8 Å². The van der Waals surface area contributed by atoms with Gasteiger partial charge in [0.05, 0.1) is 11.9 Å². The average molecular weight is 346 g/mol. The number of hydrogen-bond donors (Lipinski definition) is 3. The summed E-state index contributed by atoms with van der Waals surface area (Å²) in [5.41, 5.74) is -0.929. The van der Waals surface area contributed by atoms with Crippen molar-refractivity contribution >= 4 is 11.6 Å². The van der Waals surface area contributed by atoms with E-state index in [0.29, 0.717) is 13.1 Å². The fourth-order valence-electron chi connectivity index (χ4n) is 2.78. The molecule has 10 nitrogen and oxygen atoms in total. The fourth-order valence-corrected chi connectivity index (χ4v) is 2.78. The molecule has 10 heteroatoms. The number of aromatic nitrogens is 4. The number of carbonyl (C=O) groups excluding carboxylic acids is 1. The van der Waals surface area contributed by atoms with Gasteiger partial charge in [-0.3, -0.25) is 19.4 Å². The van der Waals surface area contributed by atoms with Crippen LogP contribution in [0.2, 0.25) is 0 Å². The molecule has 1 atom stereocenters. The van der Waals surface area contributed by atoms with Crippen LogP contribution in [0, 0.1) is 5.92 Å². The zero-order chi connectivity index (χ0) is 18.0. The van der Waals surface area contributed by atoms with Gasteiger partial charge in [-0.1, -0.05) is 0 Å². The summed E-state index contributed by atoms with van der Waals surface area (Å²) in [4.78, 5) is 52.6. The number of nitrogens with zero attached hydrogens (tertiary/aromatic N) is 3. The molecule has 0 aliphatic carbocycles. The van der Waals surface area contributed by atoms with Gasteiger partial charge in [-0.25, -0.2) is 9.48 Å². The molecule has 1 amide bonds. The maximum absolute atomic E-state index is 12.0. The first-order chi connectivity index (χ1) is 11.9. The van der Waals surface area contributed by atoms with Crippen LogP contribution < -0.4 is 27.0 Å².